The van der Waals surface area contributed by atoms with E-state index in [1.165, 1.54) is 0 Å². The standard InChI is InChI=1S/C13H23N3O2S/c1-5-11(6-2)10(3)16-19(17,18)12-8-7-9-15-13(12)14-4/h7-11,16H,5-6H2,1-4H3,(H,14,15). The molecule has 2 N–H and O–H groups in total. The molecule has 0 bridgehead atoms. The monoisotopic (exact) mass is 285 g/mol. The van der Waals surface area contributed by atoms with Crippen LogP contribution in [0.5, 0.6) is 0 Å². The quantitative estimate of drug-likeness (QED) is 0.806. The zero-order valence-corrected chi connectivity index (χ0v) is 12.8. The van der Waals surface area contributed by atoms with Crippen LogP contribution in [0.3, 0.4) is 0 Å². The van der Waals surface area contributed by atoms with Crippen LogP contribution in [0, 0.1) is 5.92 Å². The first kappa shape index (κ1) is 15.9. The topological polar surface area (TPSA) is 71.1 Å². The third-order valence-electron chi connectivity index (χ3n) is 3.39. The average Bonchev–Trinajstić information content (AvgIpc) is 2.39. The Morgan fingerprint density at radius 1 is 1.32 bits per heavy atom. The van der Waals surface area contributed by atoms with Gasteiger partial charge < -0.3 is 5.32 Å². The molecule has 0 fully saturated rings. The summed E-state index contributed by atoms with van der Waals surface area (Å²) in [5, 5.41) is 2.80. The van der Waals surface area contributed by atoms with E-state index in [1.807, 2.05) is 6.92 Å². The van der Waals surface area contributed by atoms with E-state index in [2.05, 4.69) is 28.9 Å². The van der Waals surface area contributed by atoms with Gasteiger partial charge in [-0.2, -0.15) is 0 Å². The van der Waals surface area contributed by atoms with E-state index in [0.29, 0.717) is 11.7 Å². The largest absolute Gasteiger partial charge is 0.372 e. The number of anilines is 1. The molecule has 1 heterocycles. The highest BCUT2D eigenvalue weighted by atomic mass is 32.2. The van der Waals surface area contributed by atoms with Crippen LogP contribution in [-0.2, 0) is 10.0 Å². The van der Waals surface area contributed by atoms with E-state index in [0.717, 1.165) is 12.8 Å². The number of nitrogens with zero attached hydrogens (tertiary/aromatic N) is 1. The Morgan fingerprint density at radius 2 is 1.95 bits per heavy atom. The molecule has 0 aromatic carbocycles. The van der Waals surface area contributed by atoms with E-state index < -0.39 is 10.0 Å². The summed E-state index contributed by atoms with van der Waals surface area (Å²) in [7, 11) is -1.88. The van der Waals surface area contributed by atoms with Gasteiger partial charge >= 0.3 is 0 Å². The van der Waals surface area contributed by atoms with Crippen molar-refractivity contribution in [1.29, 1.82) is 0 Å². The van der Waals surface area contributed by atoms with E-state index >= 15 is 0 Å². The first-order chi connectivity index (χ1) is 8.96. The molecule has 1 aromatic heterocycles. The molecule has 0 amide bonds. The summed E-state index contributed by atoms with van der Waals surface area (Å²) >= 11 is 0. The maximum atomic E-state index is 12.4. The lowest BCUT2D eigenvalue weighted by molar-refractivity contribution is 0.391. The van der Waals surface area contributed by atoms with Gasteiger partial charge in [-0.3, -0.25) is 0 Å². The van der Waals surface area contributed by atoms with Gasteiger partial charge in [-0.05, 0) is 25.0 Å². The van der Waals surface area contributed by atoms with Crippen molar-refractivity contribution in [1.82, 2.24) is 9.71 Å². The summed E-state index contributed by atoms with van der Waals surface area (Å²) in [6, 6.07) is 3.09. The molecular weight excluding hydrogens is 262 g/mol. The summed E-state index contributed by atoms with van der Waals surface area (Å²) in [6.45, 7) is 6.05. The highest BCUT2D eigenvalue weighted by Crippen LogP contribution is 2.20. The Kier molecular flexibility index (Phi) is 5.75. The molecular formula is C13H23N3O2S. The third kappa shape index (κ3) is 3.91. The molecule has 0 saturated carbocycles. The lowest BCUT2D eigenvalue weighted by Gasteiger charge is -2.22. The molecule has 0 radical (unpaired) electrons. The zero-order chi connectivity index (χ0) is 14.5. The molecule has 108 valence electrons. The molecule has 19 heavy (non-hydrogen) atoms. The minimum atomic E-state index is -3.54. The van der Waals surface area contributed by atoms with Crippen molar-refractivity contribution < 1.29 is 8.42 Å². The van der Waals surface area contributed by atoms with Gasteiger partial charge in [0.15, 0.2) is 0 Å². The molecule has 1 aromatic rings. The van der Waals surface area contributed by atoms with Crippen LogP contribution >= 0.6 is 0 Å². The predicted molar refractivity (Wildman–Crippen MR) is 77.6 cm³/mol. The summed E-state index contributed by atoms with van der Waals surface area (Å²) in [5.41, 5.74) is 0. The first-order valence-corrected chi connectivity index (χ1v) is 8.09. The number of aromatic nitrogens is 1. The van der Waals surface area contributed by atoms with Crippen LogP contribution in [0.15, 0.2) is 23.2 Å². The number of hydrogen-bond donors (Lipinski definition) is 2. The maximum absolute atomic E-state index is 12.4. The number of pyridine rings is 1. The van der Waals surface area contributed by atoms with Crippen molar-refractivity contribution in [3.05, 3.63) is 18.3 Å². The molecule has 0 aliphatic heterocycles. The Hall–Kier alpha value is -1.14. The molecule has 1 unspecified atom stereocenters. The summed E-state index contributed by atoms with van der Waals surface area (Å²) in [6.07, 6.45) is 3.47. The van der Waals surface area contributed by atoms with E-state index in [-0.39, 0.29) is 10.9 Å². The second kappa shape index (κ2) is 6.86. The van der Waals surface area contributed by atoms with Crippen LogP contribution in [0.4, 0.5) is 5.82 Å². The Bertz CT molecular complexity index is 498. The van der Waals surface area contributed by atoms with Crippen molar-refractivity contribution >= 4 is 15.8 Å². The van der Waals surface area contributed by atoms with Crippen LogP contribution in [-0.4, -0.2) is 26.5 Å². The highest BCUT2D eigenvalue weighted by molar-refractivity contribution is 7.89. The second-order valence-electron chi connectivity index (χ2n) is 4.59. The van der Waals surface area contributed by atoms with Crippen LogP contribution in [0.1, 0.15) is 33.6 Å². The lowest BCUT2D eigenvalue weighted by Crippen LogP contribution is -2.38. The molecule has 0 aliphatic rings. The Labute approximate surface area is 115 Å². The fourth-order valence-electron chi connectivity index (χ4n) is 2.20. The summed E-state index contributed by atoms with van der Waals surface area (Å²) < 4.78 is 27.5. The van der Waals surface area contributed by atoms with Gasteiger partial charge in [0.05, 0.1) is 0 Å². The molecule has 6 heteroatoms. The van der Waals surface area contributed by atoms with Gasteiger partial charge in [-0.25, -0.2) is 18.1 Å². The second-order valence-corrected chi connectivity index (χ2v) is 6.27. The van der Waals surface area contributed by atoms with Crippen molar-refractivity contribution in [3.63, 3.8) is 0 Å². The average molecular weight is 285 g/mol. The fraction of sp³-hybridized carbons (Fsp3) is 0.615. The van der Waals surface area contributed by atoms with Crippen molar-refractivity contribution in [2.24, 2.45) is 5.92 Å². The molecule has 0 aliphatic carbocycles. The predicted octanol–water partition coefficient (Wildman–Crippen LogP) is 2.23. The Morgan fingerprint density at radius 3 is 2.47 bits per heavy atom. The zero-order valence-electron chi connectivity index (χ0n) is 12.0. The van der Waals surface area contributed by atoms with Gasteiger partial charge in [0.25, 0.3) is 0 Å². The normalized spacial score (nSPS) is 13.5. The van der Waals surface area contributed by atoms with Crippen molar-refractivity contribution in [2.75, 3.05) is 12.4 Å². The fourth-order valence-corrected chi connectivity index (χ4v) is 3.67. The van der Waals surface area contributed by atoms with Crippen molar-refractivity contribution in [2.45, 2.75) is 44.6 Å². The van der Waals surface area contributed by atoms with Gasteiger partial charge in [-0.1, -0.05) is 26.7 Å². The highest BCUT2D eigenvalue weighted by Gasteiger charge is 2.24. The van der Waals surface area contributed by atoms with Crippen molar-refractivity contribution in [3.8, 4) is 0 Å². The van der Waals surface area contributed by atoms with Crippen LogP contribution in [0.2, 0.25) is 0 Å². The summed E-state index contributed by atoms with van der Waals surface area (Å²) in [5.74, 6) is 0.705. The summed E-state index contributed by atoms with van der Waals surface area (Å²) in [4.78, 5) is 4.22. The van der Waals surface area contributed by atoms with Crippen LogP contribution < -0.4 is 10.0 Å². The minimum absolute atomic E-state index is 0.0927. The lowest BCUT2D eigenvalue weighted by atomic mass is 9.96. The number of rotatable bonds is 7. The molecule has 0 spiro atoms. The van der Waals surface area contributed by atoms with Crippen LogP contribution in [0.25, 0.3) is 0 Å². The molecule has 5 nitrogen and oxygen atoms in total. The van der Waals surface area contributed by atoms with Gasteiger partial charge in [-0.15, -0.1) is 0 Å². The SMILES string of the molecule is CCC(CC)C(C)NS(=O)(=O)c1cccnc1NC. The number of sulfonamides is 1. The van der Waals surface area contributed by atoms with Gasteiger partial charge in [0.1, 0.15) is 10.7 Å². The number of nitrogens with one attached hydrogen (secondary N) is 2. The molecule has 1 rings (SSSR count). The van der Waals surface area contributed by atoms with E-state index in [1.54, 1.807) is 25.4 Å². The first-order valence-electron chi connectivity index (χ1n) is 6.61. The number of hydrogen-bond acceptors (Lipinski definition) is 4. The maximum Gasteiger partial charge on any atom is 0.244 e. The molecule has 0 saturated heterocycles. The smallest absolute Gasteiger partial charge is 0.244 e. The Balaban J connectivity index is 2.98. The van der Waals surface area contributed by atoms with E-state index in [4.69, 9.17) is 0 Å². The third-order valence-corrected chi connectivity index (χ3v) is 4.98. The van der Waals surface area contributed by atoms with Gasteiger partial charge in [0, 0.05) is 19.3 Å². The molecule has 1 atom stereocenters. The minimum Gasteiger partial charge on any atom is -0.372 e. The van der Waals surface area contributed by atoms with E-state index in [9.17, 15) is 8.42 Å². The van der Waals surface area contributed by atoms with Gasteiger partial charge in [0.2, 0.25) is 10.0 Å².